The topological polar surface area (TPSA) is 65.2 Å². The van der Waals surface area contributed by atoms with Crippen LogP contribution < -0.4 is 0 Å². The molecule has 0 aliphatic heterocycles. The van der Waals surface area contributed by atoms with E-state index in [0.29, 0.717) is 22.0 Å². The van der Waals surface area contributed by atoms with Crippen molar-refractivity contribution in [1.82, 2.24) is 10.1 Å². The lowest BCUT2D eigenvalue weighted by Gasteiger charge is -2.05. The zero-order valence-electron chi connectivity index (χ0n) is 12.4. The monoisotopic (exact) mass is 326 g/mol. The van der Waals surface area contributed by atoms with Crippen molar-refractivity contribution in [3.8, 4) is 11.3 Å². The molecule has 2 aromatic heterocycles. The number of ether oxygens (including phenoxy) is 1. The van der Waals surface area contributed by atoms with E-state index >= 15 is 0 Å². The van der Waals surface area contributed by atoms with Crippen molar-refractivity contribution in [2.45, 2.75) is 11.6 Å². The summed E-state index contributed by atoms with van der Waals surface area (Å²) in [6.07, 6.45) is 3.51. The van der Waals surface area contributed by atoms with Crippen LogP contribution in [0.4, 0.5) is 0 Å². The van der Waals surface area contributed by atoms with Crippen molar-refractivity contribution in [1.29, 1.82) is 0 Å². The fourth-order valence-electron chi connectivity index (χ4n) is 2.04. The van der Waals surface area contributed by atoms with Crippen LogP contribution in [0.3, 0.4) is 0 Å². The molecule has 0 spiro atoms. The average Bonchev–Trinajstić information content (AvgIpc) is 3.09. The van der Waals surface area contributed by atoms with Crippen LogP contribution in [-0.4, -0.2) is 22.4 Å². The molecule has 0 saturated carbocycles. The number of carbonyl (C=O) groups is 1. The smallest absolute Gasteiger partial charge is 0.341 e. The molecule has 0 amide bonds. The highest BCUT2D eigenvalue weighted by molar-refractivity contribution is 7.98. The van der Waals surface area contributed by atoms with Gasteiger partial charge in [0, 0.05) is 17.8 Å². The summed E-state index contributed by atoms with van der Waals surface area (Å²) in [6, 6.07) is 14.8. The van der Waals surface area contributed by atoms with Crippen LogP contribution >= 0.6 is 11.8 Å². The fraction of sp³-hybridized carbons (Fsp3) is 0.118. The molecule has 2 heterocycles. The first-order chi connectivity index (χ1) is 11.3. The Morgan fingerprint density at radius 2 is 2.04 bits per heavy atom. The van der Waals surface area contributed by atoms with E-state index in [0.717, 1.165) is 5.56 Å². The van der Waals surface area contributed by atoms with Gasteiger partial charge in [0.2, 0.25) is 0 Å². The molecule has 3 rings (SSSR count). The van der Waals surface area contributed by atoms with Crippen LogP contribution in [0.15, 0.2) is 64.3 Å². The fourth-order valence-corrected chi connectivity index (χ4v) is 2.58. The highest BCUT2D eigenvalue weighted by atomic mass is 32.2. The zero-order chi connectivity index (χ0) is 16.1. The number of thioether (sulfide) groups is 1. The summed E-state index contributed by atoms with van der Waals surface area (Å²) in [4.78, 5) is 16.3. The van der Waals surface area contributed by atoms with Gasteiger partial charge in [-0.05, 0) is 18.4 Å². The standard InChI is InChI=1S/C17H14N2O3S/c1-23-16-14(8-5-9-18-16)17(20)21-11-13-10-15(22-19-13)12-6-3-2-4-7-12/h2-10H,11H2,1H3. The van der Waals surface area contributed by atoms with E-state index in [4.69, 9.17) is 9.26 Å². The predicted octanol–water partition coefficient (Wildman–Crippen LogP) is 3.82. The summed E-state index contributed by atoms with van der Waals surface area (Å²) in [7, 11) is 0. The molecule has 0 bridgehead atoms. The number of rotatable bonds is 5. The number of benzene rings is 1. The van der Waals surface area contributed by atoms with Gasteiger partial charge in [-0.25, -0.2) is 9.78 Å². The number of carbonyl (C=O) groups excluding carboxylic acids is 1. The summed E-state index contributed by atoms with van der Waals surface area (Å²) in [5.41, 5.74) is 1.94. The highest BCUT2D eigenvalue weighted by Gasteiger charge is 2.14. The molecule has 6 heteroatoms. The number of nitrogens with zero attached hydrogens (tertiary/aromatic N) is 2. The number of hydrogen-bond acceptors (Lipinski definition) is 6. The molecule has 0 aliphatic rings. The van der Waals surface area contributed by atoms with Crippen LogP contribution in [0.1, 0.15) is 16.1 Å². The lowest BCUT2D eigenvalue weighted by Crippen LogP contribution is -2.07. The predicted molar refractivity (Wildman–Crippen MR) is 87.1 cm³/mol. The van der Waals surface area contributed by atoms with Crippen molar-refractivity contribution in [3.05, 3.63) is 66.0 Å². The third-order valence-corrected chi connectivity index (χ3v) is 3.86. The van der Waals surface area contributed by atoms with Gasteiger partial charge < -0.3 is 9.26 Å². The van der Waals surface area contributed by atoms with Gasteiger partial charge in [0.25, 0.3) is 0 Å². The van der Waals surface area contributed by atoms with Gasteiger partial charge in [-0.1, -0.05) is 35.5 Å². The normalized spacial score (nSPS) is 10.5. The molecule has 0 saturated heterocycles. The SMILES string of the molecule is CSc1ncccc1C(=O)OCc1cc(-c2ccccc2)on1. The van der Waals surface area contributed by atoms with E-state index in [1.807, 2.05) is 36.6 Å². The largest absolute Gasteiger partial charge is 0.455 e. The first-order valence-corrected chi connectivity index (χ1v) is 8.17. The number of hydrogen-bond donors (Lipinski definition) is 0. The minimum absolute atomic E-state index is 0.0535. The Balaban J connectivity index is 1.67. The van der Waals surface area contributed by atoms with E-state index in [1.54, 1.807) is 24.4 Å². The summed E-state index contributed by atoms with van der Waals surface area (Å²) in [5.74, 6) is 0.217. The molecule has 23 heavy (non-hydrogen) atoms. The van der Waals surface area contributed by atoms with E-state index in [2.05, 4.69) is 10.1 Å². The third-order valence-electron chi connectivity index (χ3n) is 3.15. The van der Waals surface area contributed by atoms with Crippen molar-refractivity contribution in [2.75, 3.05) is 6.26 Å². The average molecular weight is 326 g/mol. The molecule has 0 unspecified atom stereocenters. The molecule has 0 fully saturated rings. The van der Waals surface area contributed by atoms with Gasteiger partial charge >= 0.3 is 5.97 Å². The summed E-state index contributed by atoms with van der Waals surface area (Å²) in [6.45, 7) is 0.0535. The van der Waals surface area contributed by atoms with E-state index in [9.17, 15) is 4.79 Å². The van der Waals surface area contributed by atoms with Crippen molar-refractivity contribution >= 4 is 17.7 Å². The summed E-state index contributed by atoms with van der Waals surface area (Å²) >= 11 is 1.40. The minimum Gasteiger partial charge on any atom is -0.455 e. The maximum Gasteiger partial charge on any atom is 0.341 e. The first-order valence-electron chi connectivity index (χ1n) is 6.95. The van der Waals surface area contributed by atoms with E-state index in [-0.39, 0.29) is 6.61 Å². The molecule has 116 valence electrons. The Morgan fingerprint density at radius 3 is 2.83 bits per heavy atom. The Morgan fingerprint density at radius 1 is 1.22 bits per heavy atom. The van der Waals surface area contributed by atoms with Crippen LogP contribution in [0.25, 0.3) is 11.3 Å². The minimum atomic E-state index is -0.424. The Kier molecular flexibility index (Phi) is 4.73. The molecule has 0 radical (unpaired) electrons. The molecule has 1 aromatic carbocycles. The molecule has 3 aromatic rings. The van der Waals surface area contributed by atoms with Crippen LogP contribution in [-0.2, 0) is 11.3 Å². The van der Waals surface area contributed by atoms with E-state index < -0.39 is 5.97 Å². The maximum atomic E-state index is 12.1. The second kappa shape index (κ2) is 7.11. The summed E-state index contributed by atoms with van der Waals surface area (Å²) in [5, 5.41) is 4.57. The van der Waals surface area contributed by atoms with Crippen molar-refractivity contribution < 1.29 is 14.1 Å². The first kappa shape index (κ1) is 15.3. The maximum absolute atomic E-state index is 12.1. The second-order valence-electron chi connectivity index (χ2n) is 4.68. The Bertz CT molecular complexity index is 802. The van der Waals surface area contributed by atoms with Gasteiger partial charge in [0.15, 0.2) is 5.76 Å². The molecular weight excluding hydrogens is 312 g/mol. The van der Waals surface area contributed by atoms with Gasteiger partial charge in [0.05, 0.1) is 5.56 Å². The summed E-state index contributed by atoms with van der Waals surface area (Å²) < 4.78 is 10.6. The molecular formula is C17H14N2O3S. The van der Waals surface area contributed by atoms with Crippen molar-refractivity contribution in [3.63, 3.8) is 0 Å². The molecule has 0 atom stereocenters. The van der Waals surface area contributed by atoms with Crippen LogP contribution in [0.2, 0.25) is 0 Å². The van der Waals surface area contributed by atoms with Gasteiger partial charge in [-0.2, -0.15) is 0 Å². The quantitative estimate of drug-likeness (QED) is 0.524. The second-order valence-corrected chi connectivity index (χ2v) is 5.48. The number of pyridine rings is 1. The molecule has 0 aliphatic carbocycles. The lowest BCUT2D eigenvalue weighted by molar-refractivity contribution is 0.0459. The Hall–Kier alpha value is -2.60. The van der Waals surface area contributed by atoms with Gasteiger partial charge in [-0.15, -0.1) is 11.8 Å². The molecule has 0 N–H and O–H groups in total. The lowest BCUT2D eigenvalue weighted by atomic mass is 10.2. The number of esters is 1. The van der Waals surface area contributed by atoms with Crippen LogP contribution in [0, 0.1) is 0 Å². The van der Waals surface area contributed by atoms with Crippen LogP contribution in [0.5, 0.6) is 0 Å². The highest BCUT2D eigenvalue weighted by Crippen LogP contribution is 2.21. The zero-order valence-corrected chi connectivity index (χ0v) is 13.2. The van der Waals surface area contributed by atoms with E-state index in [1.165, 1.54) is 11.8 Å². The third kappa shape index (κ3) is 3.60. The number of aromatic nitrogens is 2. The van der Waals surface area contributed by atoms with Gasteiger partial charge in [-0.3, -0.25) is 0 Å². The molecule has 5 nitrogen and oxygen atoms in total. The van der Waals surface area contributed by atoms with Gasteiger partial charge in [0.1, 0.15) is 17.3 Å². The Labute approximate surface area is 137 Å². The van der Waals surface area contributed by atoms with Crippen molar-refractivity contribution in [2.24, 2.45) is 0 Å².